The second kappa shape index (κ2) is 11.2. The van der Waals surface area contributed by atoms with Crippen molar-refractivity contribution in [2.24, 2.45) is 10.8 Å². The summed E-state index contributed by atoms with van der Waals surface area (Å²) < 4.78 is 0.407. The lowest BCUT2D eigenvalue weighted by Crippen LogP contribution is -2.45. The Morgan fingerprint density at radius 1 is 1.07 bits per heavy atom. The first kappa shape index (κ1) is 26.1. The van der Waals surface area contributed by atoms with Gasteiger partial charge in [-0.15, -0.1) is 0 Å². The molecule has 0 aromatic carbocycles. The predicted octanol–water partition coefficient (Wildman–Crippen LogP) is 4.17. The van der Waals surface area contributed by atoms with Crippen molar-refractivity contribution in [2.45, 2.75) is 54.4 Å². The molecular formula is C23H41N2O3+. The van der Waals surface area contributed by atoms with Crippen LogP contribution in [-0.4, -0.2) is 55.2 Å². The van der Waals surface area contributed by atoms with Gasteiger partial charge < -0.3 is 14.9 Å². The van der Waals surface area contributed by atoms with Crippen molar-refractivity contribution in [1.29, 1.82) is 0 Å². The largest absolute Gasteiger partial charge is 0.477 e. The van der Waals surface area contributed by atoms with Crippen LogP contribution < -0.4 is 5.32 Å². The SMILES string of the molecule is CC=C(C=CC(C)(C)CC=CC(=O)NCCC[N+](C)(C)CC(=O)O)C(C)(C)C. The Labute approximate surface area is 171 Å². The van der Waals surface area contributed by atoms with Crippen LogP contribution in [0.1, 0.15) is 54.4 Å². The number of quaternary nitrogens is 1. The van der Waals surface area contributed by atoms with Crippen LogP contribution in [0.3, 0.4) is 0 Å². The van der Waals surface area contributed by atoms with Crippen molar-refractivity contribution in [3.8, 4) is 0 Å². The summed E-state index contributed by atoms with van der Waals surface area (Å²) in [7, 11) is 3.76. The monoisotopic (exact) mass is 393 g/mol. The summed E-state index contributed by atoms with van der Waals surface area (Å²) in [6, 6.07) is 0. The molecular weight excluding hydrogens is 352 g/mol. The van der Waals surface area contributed by atoms with Crippen LogP contribution >= 0.6 is 0 Å². The fraction of sp³-hybridized carbons (Fsp3) is 0.652. The molecule has 0 atom stereocenters. The van der Waals surface area contributed by atoms with Crippen LogP contribution in [0.15, 0.2) is 36.0 Å². The van der Waals surface area contributed by atoms with Crippen LogP contribution in [-0.2, 0) is 9.59 Å². The molecule has 0 rings (SSSR count). The van der Waals surface area contributed by atoms with Gasteiger partial charge in [-0.3, -0.25) is 4.79 Å². The van der Waals surface area contributed by atoms with E-state index in [2.05, 4.69) is 65.1 Å². The molecule has 0 aliphatic carbocycles. The second-order valence-corrected chi connectivity index (χ2v) is 9.78. The van der Waals surface area contributed by atoms with E-state index in [0.29, 0.717) is 17.6 Å². The summed E-state index contributed by atoms with van der Waals surface area (Å²) in [5.74, 6) is -0.912. The minimum absolute atomic E-state index is 0.0331. The first-order chi connectivity index (χ1) is 12.7. The molecule has 0 aliphatic rings. The van der Waals surface area contributed by atoms with Gasteiger partial charge in [-0.25, -0.2) is 4.79 Å². The van der Waals surface area contributed by atoms with Gasteiger partial charge in [0.15, 0.2) is 6.54 Å². The van der Waals surface area contributed by atoms with Gasteiger partial charge in [0, 0.05) is 13.0 Å². The molecule has 0 fully saturated rings. The van der Waals surface area contributed by atoms with Crippen molar-refractivity contribution in [3.05, 3.63) is 36.0 Å². The number of hydrogen-bond acceptors (Lipinski definition) is 2. The Morgan fingerprint density at radius 3 is 2.18 bits per heavy atom. The minimum atomic E-state index is -0.808. The summed E-state index contributed by atoms with van der Waals surface area (Å²) in [6.45, 7) is 14.3. The summed E-state index contributed by atoms with van der Waals surface area (Å²) in [5, 5.41) is 11.7. The fourth-order valence-electron chi connectivity index (χ4n) is 2.86. The zero-order valence-electron chi connectivity index (χ0n) is 19.1. The molecule has 0 heterocycles. The molecule has 5 nitrogen and oxygen atoms in total. The molecule has 0 aliphatic heterocycles. The first-order valence-electron chi connectivity index (χ1n) is 10.0. The number of nitrogens with one attached hydrogen (secondary N) is 1. The Bertz CT molecular complexity index is 606. The highest BCUT2D eigenvalue weighted by molar-refractivity contribution is 5.87. The van der Waals surface area contributed by atoms with Crippen LogP contribution in [0.5, 0.6) is 0 Å². The summed E-state index contributed by atoms with van der Waals surface area (Å²) in [6.07, 6.45) is 11.6. The van der Waals surface area contributed by atoms with Crippen molar-refractivity contribution in [2.75, 3.05) is 33.7 Å². The molecule has 1 amide bonds. The van der Waals surface area contributed by atoms with E-state index >= 15 is 0 Å². The number of likely N-dealkylation sites (N-methyl/N-ethyl adjacent to an activating group) is 1. The molecule has 0 aromatic rings. The zero-order chi connectivity index (χ0) is 22.0. The van der Waals surface area contributed by atoms with Gasteiger partial charge in [0.1, 0.15) is 0 Å². The fourth-order valence-corrected chi connectivity index (χ4v) is 2.86. The van der Waals surface area contributed by atoms with Gasteiger partial charge in [0.05, 0.1) is 20.6 Å². The third kappa shape index (κ3) is 12.5. The molecule has 0 saturated carbocycles. The number of carboxylic acid groups (broad SMARTS) is 1. The van der Waals surface area contributed by atoms with E-state index < -0.39 is 5.97 Å². The van der Waals surface area contributed by atoms with Crippen molar-refractivity contribution in [3.63, 3.8) is 0 Å². The Balaban J connectivity index is 4.40. The molecule has 5 heteroatoms. The third-order valence-corrected chi connectivity index (χ3v) is 4.61. The normalized spacial score (nSPS) is 14.1. The summed E-state index contributed by atoms with van der Waals surface area (Å²) >= 11 is 0. The zero-order valence-corrected chi connectivity index (χ0v) is 19.1. The van der Waals surface area contributed by atoms with E-state index in [-0.39, 0.29) is 23.3 Å². The average molecular weight is 394 g/mol. The van der Waals surface area contributed by atoms with Crippen molar-refractivity contribution in [1.82, 2.24) is 5.32 Å². The van der Waals surface area contributed by atoms with Crippen LogP contribution in [0.4, 0.5) is 0 Å². The summed E-state index contributed by atoms with van der Waals surface area (Å²) in [5.41, 5.74) is 1.38. The topological polar surface area (TPSA) is 66.4 Å². The predicted molar refractivity (Wildman–Crippen MR) is 117 cm³/mol. The maximum atomic E-state index is 12.0. The Morgan fingerprint density at radius 2 is 1.68 bits per heavy atom. The van der Waals surface area contributed by atoms with E-state index in [1.165, 1.54) is 5.57 Å². The number of carbonyl (C=O) groups excluding carboxylic acids is 1. The molecule has 0 unspecified atom stereocenters. The van der Waals surface area contributed by atoms with E-state index in [1.54, 1.807) is 6.08 Å². The molecule has 28 heavy (non-hydrogen) atoms. The molecule has 0 bridgehead atoms. The number of carbonyl (C=O) groups is 2. The molecule has 0 aromatic heterocycles. The van der Waals surface area contributed by atoms with Gasteiger partial charge in [0.2, 0.25) is 5.91 Å². The van der Waals surface area contributed by atoms with Gasteiger partial charge in [-0.1, -0.05) is 58.9 Å². The number of nitrogens with zero attached hydrogens (tertiary/aromatic N) is 1. The van der Waals surface area contributed by atoms with E-state index in [1.807, 2.05) is 20.2 Å². The van der Waals surface area contributed by atoms with Gasteiger partial charge >= 0.3 is 5.97 Å². The average Bonchev–Trinajstić information content (AvgIpc) is 2.49. The summed E-state index contributed by atoms with van der Waals surface area (Å²) in [4.78, 5) is 22.8. The number of aliphatic carboxylic acids is 1. The van der Waals surface area contributed by atoms with Crippen LogP contribution in [0.25, 0.3) is 0 Å². The third-order valence-electron chi connectivity index (χ3n) is 4.61. The molecule has 0 spiro atoms. The van der Waals surface area contributed by atoms with Gasteiger partial charge in [0.25, 0.3) is 0 Å². The maximum absolute atomic E-state index is 12.0. The standard InChI is InChI=1S/C23H40N2O3/c1-9-19(22(2,3)4)13-15-23(5,6)14-10-12-20(26)24-16-11-17-25(7,8)18-21(27)28/h9-10,12-13,15H,11,14,16-18H2,1-8H3,(H-,24,26,27,28)/p+1. The number of carboxylic acids is 1. The molecule has 160 valence electrons. The second-order valence-electron chi connectivity index (χ2n) is 9.78. The quantitative estimate of drug-likeness (QED) is 0.240. The molecule has 2 N–H and O–H groups in total. The molecule has 0 radical (unpaired) electrons. The number of hydrogen-bond donors (Lipinski definition) is 2. The Kier molecular flexibility index (Phi) is 10.4. The van der Waals surface area contributed by atoms with E-state index in [9.17, 15) is 9.59 Å². The number of amides is 1. The van der Waals surface area contributed by atoms with Crippen molar-refractivity contribution < 1.29 is 19.2 Å². The smallest absolute Gasteiger partial charge is 0.359 e. The lowest BCUT2D eigenvalue weighted by molar-refractivity contribution is -0.883. The first-order valence-corrected chi connectivity index (χ1v) is 10.0. The van der Waals surface area contributed by atoms with E-state index in [4.69, 9.17) is 5.11 Å². The van der Waals surface area contributed by atoms with Crippen molar-refractivity contribution >= 4 is 11.9 Å². The van der Waals surface area contributed by atoms with Crippen LogP contribution in [0, 0.1) is 10.8 Å². The van der Waals surface area contributed by atoms with Crippen LogP contribution in [0.2, 0.25) is 0 Å². The Hall–Kier alpha value is -1.88. The number of rotatable bonds is 11. The number of allylic oxidation sites excluding steroid dienone is 5. The van der Waals surface area contributed by atoms with Gasteiger partial charge in [-0.05, 0) is 35.8 Å². The van der Waals surface area contributed by atoms with E-state index in [0.717, 1.165) is 12.8 Å². The van der Waals surface area contributed by atoms with Gasteiger partial charge in [-0.2, -0.15) is 0 Å². The minimum Gasteiger partial charge on any atom is -0.477 e. The highest BCUT2D eigenvalue weighted by atomic mass is 16.4. The maximum Gasteiger partial charge on any atom is 0.359 e. The highest BCUT2D eigenvalue weighted by Crippen LogP contribution is 2.29. The highest BCUT2D eigenvalue weighted by Gasteiger charge is 2.19. The lowest BCUT2D eigenvalue weighted by Gasteiger charge is -2.27. The lowest BCUT2D eigenvalue weighted by atomic mass is 9.82. The molecule has 0 saturated heterocycles.